The summed E-state index contributed by atoms with van der Waals surface area (Å²) >= 11 is 0. The molecule has 0 bridgehead atoms. The molecule has 0 unspecified atom stereocenters. The molecule has 0 spiro atoms. The number of nitro benzene ring substituents is 1. The third kappa shape index (κ3) is 1.30. The minimum Gasteiger partial charge on any atom is -0.385 e. The lowest BCUT2D eigenvalue weighted by Crippen LogP contribution is -2.22. The summed E-state index contributed by atoms with van der Waals surface area (Å²) in [5.74, 6) is -1.32. The van der Waals surface area contributed by atoms with Crippen LogP contribution in [0.3, 0.4) is 0 Å². The van der Waals surface area contributed by atoms with E-state index in [-0.39, 0.29) is 33.9 Å². The normalized spacial score (nSPS) is 13.0. The number of ketones is 2. The van der Waals surface area contributed by atoms with Crippen molar-refractivity contribution in [2.24, 2.45) is 0 Å². The third-order valence-corrected chi connectivity index (χ3v) is 3.22. The van der Waals surface area contributed by atoms with Crippen LogP contribution in [0.2, 0.25) is 0 Å². The SMILES string of the molecule is Nc1[nH]c(N)c2c1C(=O)c1cccc([N+](=O)[O-])c1C2=O. The highest BCUT2D eigenvalue weighted by atomic mass is 16.6. The maximum Gasteiger partial charge on any atom is 0.281 e. The van der Waals surface area contributed by atoms with E-state index in [2.05, 4.69) is 4.98 Å². The van der Waals surface area contributed by atoms with Crippen LogP contribution in [0.1, 0.15) is 31.8 Å². The molecule has 0 aliphatic heterocycles. The number of rotatable bonds is 1. The van der Waals surface area contributed by atoms with Crippen LogP contribution in [0.4, 0.5) is 17.3 Å². The number of carbonyl (C=O) groups excluding carboxylic acids is 2. The van der Waals surface area contributed by atoms with Crippen LogP contribution in [-0.4, -0.2) is 21.5 Å². The smallest absolute Gasteiger partial charge is 0.281 e. The van der Waals surface area contributed by atoms with E-state index in [9.17, 15) is 19.7 Å². The highest BCUT2D eigenvalue weighted by Crippen LogP contribution is 2.37. The van der Waals surface area contributed by atoms with Crippen molar-refractivity contribution in [2.75, 3.05) is 11.5 Å². The fraction of sp³-hybridized carbons (Fsp3) is 0. The van der Waals surface area contributed by atoms with Crippen LogP contribution in [0, 0.1) is 10.1 Å². The predicted molar refractivity (Wildman–Crippen MR) is 69.6 cm³/mol. The predicted octanol–water partition coefficient (Wildman–Crippen LogP) is 0.863. The molecular formula is C12H8N4O4. The van der Waals surface area contributed by atoms with Gasteiger partial charge in [0, 0.05) is 11.6 Å². The maximum atomic E-state index is 12.4. The van der Waals surface area contributed by atoms with Crippen molar-refractivity contribution in [3.8, 4) is 0 Å². The number of anilines is 2. The number of nitrogens with zero attached hydrogens (tertiary/aromatic N) is 1. The van der Waals surface area contributed by atoms with E-state index in [1.165, 1.54) is 18.2 Å². The Balaban J connectivity index is 2.40. The Labute approximate surface area is 111 Å². The third-order valence-electron chi connectivity index (χ3n) is 3.22. The van der Waals surface area contributed by atoms with Crippen LogP contribution in [-0.2, 0) is 0 Å². The van der Waals surface area contributed by atoms with E-state index in [1.807, 2.05) is 0 Å². The number of aromatic amines is 1. The number of nitro groups is 1. The highest BCUT2D eigenvalue weighted by Gasteiger charge is 2.39. The summed E-state index contributed by atoms with van der Waals surface area (Å²) in [4.78, 5) is 37.5. The van der Waals surface area contributed by atoms with Crippen LogP contribution in [0.5, 0.6) is 0 Å². The molecular weight excluding hydrogens is 264 g/mol. The van der Waals surface area contributed by atoms with Gasteiger partial charge in [0.2, 0.25) is 5.78 Å². The van der Waals surface area contributed by atoms with Gasteiger partial charge in [0.15, 0.2) is 5.78 Å². The molecule has 20 heavy (non-hydrogen) atoms. The number of H-pyrrole nitrogens is 1. The number of benzene rings is 1. The Morgan fingerprint density at radius 3 is 2.20 bits per heavy atom. The molecule has 1 aliphatic carbocycles. The summed E-state index contributed by atoms with van der Waals surface area (Å²) in [7, 11) is 0. The van der Waals surface area contributed by atoms with E-state index in [0.717, 1.165) is 0 Å². The van der Waals surface area contributed by atoms with Gasteiger partial charge in [-0.15, -0.1) is 0 Å². The molecule has 3 rings (SSSR count). The number of nitrogens with one attached hydrogen (secondary N) is 1. The Morgan fingerprint density at radius 2 is 1.60 bits per heavy atom. The maximum absolute atomic E-state index is 12.4. The fourth-order valence-electron chi connectivity index (χ4n) is 2.39. The van der Waals surface area contributed by atoms with E-state index >= 15 is 0 Å². The monoisotopic (exact) mass is 272 g/mol. The van der Waals surface area contributed by atoms with Gasteiger partial charge in [0.1, 0.15) is 17.2 Å². The first kappa shape index (κ1) is 11.9. The Morgan fingerprint density at radius 1 is 1.00 bits per heavy atom. The van der Waals surface area contributed by atoms with Gasteiger partial charge in [-0.2, -0.15) is 0 Å². The van der Waals surface area contributed by atoms with Crippen LogP contribution in [0.15, 0.2) is 18.2 Å². The molecule has 2 aromatic rings. The van der Waals surface area contributed by atoms with Crippen molar-refractivity contribution in [2.45, 2.75) is 0 Å². The zero-order valence-corrected chi connectivity index (χ0v) is 9.97. The van der Waals surface area contributed by atoms with E-state index in [4.69, 9.17) is 11.5 Å². The number of hydrogen-bond acceptors (Lipinski definition) is 6. The topological polar surface area (TPSA) is 145 Å². The molecule has 0 atom stereocenters. The zero-order chi connectivity index (χ0) is 14.6. The van der Waals surface area contributed by atoms with Gasteiger partial charge in [-0.1, -0.05) is 6.07 Å². The van der Waals surface area contributed by atoms with Crippen LogP contribution in [0.25, 0.3) is 0 Å². The number of nitrogens with two attached hydrogens (primary N) is 2. The zero-order valence-electron chi connectivity index (χ0n) is 9.97. The molecule has 1 aromatic carbocycles. The summed E-state index contributed by atoms with van der Waals surface area (Å²) < 4.78 is 0. The van der Waals surface area contributed by atoms with Gasteiger partial charge in [-0.05, 0) is 6.07 Å². The summed E-state index contributed by atoms with van der Waals surface area (Å²) in [6.07, 6.45) is 0. The molecule has 1 aliphatic rings. The van der Waals surface area contributed by atoms with Crippen molar-refractivity contribution < 1.29 is 14.5 Å². The second-order valence-corrected chi connectivity index (χ2v) is 4.32. The molecule has 100 valence electrons. The minimum atomic E-state index is -0.707. The first-order valence-corrected chi connectivity index (χ1v) is 5.57. The Bertz CT molecular complexity index is 806. The van der Waals surface area contributed by atoms with Crippen molar-refractivity contribution >= 4 is 28.9 Å². The second-order valence-electron chi connectivity index (χ2n) is 4.32. The van der Waals surface area contributed by atoms with Gasteiger partial charge in [-0.3, -0.25) is 19.7 Å². The number of nitrogen functional groups attached to an aromatic ring is 2. The van der Waals surface area contributed by atoms with E-state index < -0.39 is 22.2 Å². The fourth-order valence-corrected chi connectivity index (χ4v) is 2.39. The lowest BCUT2D eigenvalue weighted by atomic mass is 9.85. The number of aromatic nitrogens is 1. The molecule has 8 heteroatoms. The molecule has 0 saturated carbocycles. The van der Waals surface area contributed by atoms with Gasteiger partial charge in [0.25, 0.3) is 5.69 Å². The quantitative estimate of drug-likeness (QED) is 0.442. The van der Waals surface area contributed by atoms with Crippen molar-refractivity contribution in [3.63, 3.8) is 0 Å². The number of hydrogen-bond donors (Lipinski definition) is 3. The molecule has 8 nitrogen and oxygen atoms in total. The molecule has 1 aromatic heterocycles. The molecule has 0 saturated heterocycles. The highest BCUT2D eigenvalue weighted by molar-refractivity contribution is 6.32. The van der Waals surface area contributed by atoms with Crippen LogP contribution >= 0.6 is 0 Å². The standard InChI is InChI=1S/C12H8N4O4/c13-11-7-8(12(14)15-11)10(18)6-4(9(7)17)2-1-3-5(6)16(19)20/h1-3,15H,13-14H2. The van der Waals surface area contributed by atoms with Gasteiger partial charge >= 0.3 is 0 Å². The Kier molecular flexibility index (Phi) is 2.18. The summed E-state index contributed by atoms with van der Waals surface area (Å²) in [5, 5.41) is 11.0. The van der Waals surface area contributed by atoms with Gasteiger partial charge < -0.3 is 16.5 Å². The first-order chi connectivity index (χ1) is 9.43. The second kappa shape index (κ2) is 3.67. The van der Waals surface area contributed by atoms with Gasteiger partial charge in [-0.25, -0.2) is 0 Å². The summed E-state index contributed by atoms with van der Waals surface area (Å²) in [6, 6.07) is 3.87. The summed E-state index contributed by atoms with van der Waals surface area (Å²) in [6.45, 7) is 0. The van der Waals surface area contributed by atoms with Gasteiger partial charge in [0.05, 0.1) is 16.1 Å². The average molecular weight is 272 g/mol. The molecule has 0 radical (unpaired) electrons. The molecule has 5 N–H and O–H groups in total. The lowest BCUT2D eigenvalue weighted by Gasteiger charge is -2.14. The number of fused-ring (bicyclic) bond motifs is 2. The van der Waals surface area contributed by atoms with Crippen LogP contribution < -0.4 is 11.5 Å². The first-order valence-electron chi connectivity index (χ1n) is 5.57. The largest absolute Gasteiger partial charge is 0.385 e. The van der Waals surface area contributed by atoms with Crippen molar-refractivity contribution in [3.05, 3.63) is 50.6 Å². The van der Waals surface area contributed by atoms with Crippen molar-refractivity contribution in [1.82, 2.24) is 4.98 Å². The molecule has 0 amide bonds. The van der Waals surface area contributed by atoms with E-state index in [1.54, 1.807) is 0 Å². The lowest BCUT2D eigenvalue weighted by molar-refractivity contribution is -0.385. The van der Waals surface area contributed by atoms with Crippen molar-refractivity contribution in [1.29, 1.82) is 0 Å². The summed E-state index contributed by atoms with van der Waals surface area (Å²) in [5.41, 5.74) is 10.4. The Hall–Kier alpha value is -3.16. The minimum absolute atomic E-state index is 0.0204. The van der Waals surface area contributed by atoms with E-state index in [0.29, 0.717) is 0 Å². The number of carbonyl (C=O) groups is 2. The molecule has 1 heterocycles. The average Bonchev–Trinajstić information content (AvgIpc) is 2.70. The molecule has 0 fully saturated rings.